The maximum Gasteiger partial charge on any atom is 0.287 e. The quantitative estimate of drug-likeness (QED) is 0.907. The lowest BCUT2D eigenvalue weighted by Gasteiger charge is -2.29. The van der Waals surface area contributed by atoms with Crippen LogP contribution in [0.2, 0.25) is 0 Å². The molecule has 2 aromatic heterocycles. The molecule has 6 heteroatoms. The van der Waals surface area contributed by atoms with Gasteiger partial charge in [0.2, 0.25) is 0 Å². The van der Waals surface area contributed by atoms with Crippen LogP contribution in [0.1, 0.15) is 60.9 Å². The first-order valence-corrected chi connectivity index (χ1v) is 9.39. The topological polar surface area (TPSA) is 63.3 Å². The number of amides is 1. The van der Waals surface area contributed by atoms with Gasteiger partial charge in [0.25, 0.3) is 5.91 Å². The van der Waals surface area contributed by atoms with E-state index in [1.807, 2.05) is 29.2 Å². The Morgan fingerprint density at radius 2 is 2.00 bits per heavy atom. The van der Waals surface area contributed by atoms with Crippen LogP contribution in [0.25, 0.3) is 0 Å². The minimum atomic E-state index is -0.0878. The number of rotatable bonds is 5. The molecule has 3 heterocycles. The van der Waals surface area contributed by atoms with Crippen molar-refractivity contribution in [3.8, 4) is 0 Å². The second-order valence-electron chi connectivity index (χ2n) is 7.21. The third kappa shape index (κ3) is 3.95. The molecule has 1 saturated carbocycles. The summed E-state index contributed by atoms with van der Waals surface area (Å²) in [4.78, 5) is 14.8. The highest BCUT2D eigenvalue weighted by Gasteiger charge is 2.25. The fourth-order valence-electron chi connectivity index (χ4n) is 3.98. The van der Waals surface area contributed by atoms with Crippen LogP contribution in [0.4, 0.5) is 0 Å². The predicted molar refractivity (Wildman–Crippen MR) is 94.2 cm³/mol. The van der Waals surface area contributed by atoms with Gasteiger partial charge in [0.05, 0.1) is 12.6 Å². The Morgan fingerprint density at radius 3 is 2.72 bits per heavy atom. The maximum atomic E-state index is 12.4. The summed E-state index contributed by atoms with van der Waals surface area (Å²) in [5, 5.41) is 7.46. The fraction of sp³-hybridized carbons (Fsp3) is 0.579. The zero-order valence-electron chi connectivity index (χ0n) is 14.6. The van der Waals surface area contributed by atoms with Crippen LogP contribution in [-0.4, -0.2) is 39.7 Å². The number of carbonyl (C=O) groups excluding carboxylic acids is 1. The number of likely N-dealkylation sites (tertiary alicyclic amines) is 1. The summed E-state index contributed by atoms with van der Waals surface area (Å²) in [7, 11) is 0. The summed E-state index contributed by atoms with van der Waals surface area (Å²) in [5.74, 6) is 1.23. The molecule has 2 aliphatic rings. The van der Waals surface area contributed by atoms with Crippen LogP contribution >= 0.6 is 0 Å². The third-order valence-corrected chi connectivity index (χ3v) is 5.39. The molecule has 0 aromatic carbocycles. The van der Waals surface area contributed by atoms with Gasteiger partial charge in [0.15, 0.2) is 5.76 Å². The summed E-state index contributed by atoms with van der Waals surface area (Å²) >= 11 is 0. The van der Waals surface area contributed by atoms with Crippen LogP contribution < -0.4 is 5.32 Å². The van der Waals surface area contributed by atoms with Crippen molar-refractivity contribution in [3.05, 3.63) is 42.1 Å². The van der Waals surface area contributed by atoms with Gasteiger partial charge in [-0.3, -0.25) is 14.4 Å². The van der Waals surface area contributed by atoms with Crippen molar-refractivity contribution >= 4 is 5.91 Å². The van der Waals surface area contributed by atoms with E-state index in [0.717, 1.165) is 51.1 Å². The number of aromatic nitrogens is 2. The molecular weight excluding hydrogens is 316 g/mol. The van der Waals surface area contributed by atoms with Gasteiger partial charge < -0.3 is 9.73 Å². The Hall–Kier alpha value is -2.08. The van der Waals surface area contributed by atoms with Gasteiger partial charge in [-0.2, -0.15) is 5.10 Å². The van der Waals surface area contributed by atoms with E-state index < -0.39 is 0 Å². The average Bonchev–Trinajstić information content (AvgIpc) is 3.39. The van der Waals surface area contributed by atoms with Gasteiger partial charge >= 0.3 is 0 Å². The predicted octanol–water partition coefficient (Wildman–Crippen LogP) is 2.99. The molecule has 25 heavy (non-hydrogen) atoms. The van der Waals surface area contributed by atoms with E-state index in [9.17, 15) is 4.79 Å². The molecule has 1 aliphatic carbocycles. The van der Waals surface area contributed by atoms with Crippen molar-refractivity contribution in [1.82, 2.24) is 20.0 Å². The van der Waals surface area contributed by atoms with E-state index in [0.29, 0.717) is 11.8 Å². The van der Waals surface area contributed by atoms with E-state index in [1.54, 1.807) is 6.07 Å². The Bertz CT molecular complexity index is 680. The zero-order valence-corrected chi connectivity index (χ0v) is 14.6. The Morgan fingerprint density at radius 1 is 1.20 bits per heavy atom. The van der Waals surface area contributed by atoms with Crippen LogP contribution in [0.3, 0.4) is 0 Å². The summed E-state index contributed by atoms with van der Waals surface area (Å²) in [5.41, 5.74) is 0. The lowest BCUT2D eigenvalue weighted by Crippen LogP contribution is -2.37. The summed E-state index contributed by atoms with van der Waals surface area (Å²) in [6.45, 7) is 3.06. The van der Waals surface area contributed by atoms with Crippen molar-refractivity contribution in [2.45, 2.75) is 57.2 Å². The molecule has 0 spiro atoms. The Kier molecular flexibility index (Phi) is 4.88. The van der Waals surface area contributed by atoms with Gasteiger partial charge in [-0.05, 0) is 69.8 Å². The van der Waals surface area contributed by atoms with E-state index >= 15 is 0 Å². The van der Waals surface area contributed by atoms with Gasteiger partial charge in [0, 0.05) is 18.4 Å². The molecule has 1 amide bonds. The first kappa shape index (κ1) is 16.4. The van der Waals surface area contributed by atoms with Gasteiger partial charge in [-0.25, -0.2) is 0 Å². The largest absolute Gasteiger partial charge is 0.455 e. The van der Waals surface area contributed by atoms with Crippen LogP contribution in [-0.2, 0) is 6.54 Å². The van der Waals surface area contributed by atoms with Gasteiger partial charge in [-0.15, -0.1) is 0 Å². The minimum absolute atomic E-state index is 0.0878. The minimum Gasteiger partial charge on any atom is -0.455 e. The maximum absolute atomic E-state index is 12.4. The zero-order chi connectivity index (χ0) is 17.1. The number of furan rings is 1. The molecule has 0 unspecified atom stereocenters. The number of nitrogens with one attached hydrogen (secondary N) is 1. The summed E-state index contributed by atoms with van der Waals surface area (Å²) in [6.07, 6.45) is 10.4. The van der Waals surface area contributed by atoms with E-state index in [4.69, 9.17) is 4.42 Å². The molecule has 2 aromatic rings. The van der Waals surface area contributed by atoms with Crippen molar-refractivity contribution in [1.29, 1.82) is 0 Å². The molecule has 0 radical (unpaired) electrons. The molecule has 1 saturated heterocycles. The SMILES string of the molecule is O=C(NC1CCC(n2cccn2)CC1)c1ccc(CN2CCCC2)o1. The highest BCUT2D eigenvalue weighted by molar-refractivity contribution is 5.91. The Labute approximate surface area is 148 Å². The monoisotopic (exact) mass is 342 g/mol. The molecule has 2 fully saturated rings. The number of nitrogens with zero attached hydrogens (tertiary/aromatic N) is 3. The van der Waals surface area contributed by atoms with Crippen molar-refractivity contribution in [3.63, 3.8) is 0 Å². The number of carbonyl (C=O) groups is 1. The number of hydrogen-bond donors (Lipinski definition) is 1. The smallest absolute Gasteiger partial charge is 0.287 e. The highest BCUT2D eigenvalue weighted by Crippen LogP contribution is 2.28. The molecule has 134 valence electrons. The van der Waals surface area contributed by atoms with Crippen molar-refractivity contribution in [2.75, 3.05) is 13.1 Å². The molecule has 4 rings (SSSR count). The lowest BCUT2D eigenvalue weighted by atomic mass is 9.91. The number of hydrogen-bond acceptors (Lipinski definition) is 4. The normalized spacial score (nSPS) is 24.5. The molecule has 0 bridgehead atoms. The molecular formula is C19H26N4O2. The average molecular weight is 342 g/mol. The van der Waals surface area contributed by atoms with E-state index in [-0.39, 0.29) is 11.9 Å². The fourth-order valence-corrected chi connectivity index (χ4v) is 3.98. The molecule has 1 N–H and O–H groups in total. The molecule has 1 aliphatic heterocycles. The van der Waals surface area contributed by atoms with Gasteiger partial charge in [0.1, 0.15) is 5.76 Å². The van der Waals surface area contributed by atoms with Gasteiger partial charge in [-0.1, -0.05) is 0 Å². The van der Waals surface area contributed by atoms with E-state index in [2.05, 4.69) is 15.3 Å². The van der Waals surface area contributed by atoms with Crippen LogP contribution in [0, 0.1) is 0 Å². The van der Waals surface area contributed by atoms with Crippen LogP contribution in [0.15, 0.2) is 35.0 Å². The lowest BCUT2D eigenvalue weighted by molar-refractivity contribution is 0.0890. The second kappa shape index (κ2) is 7.44. The standard InChI is InChI=1S/C19H26N4O2/c24-19(18-9-8-17(25-18)14-22-11-1-2-12-22)21-15-4-6-16(7-5-15)23-13-3-10-20-23/h3,8-10,13,15-16H,1-2,4-7,11-12,14H2,(H,21,24). The molecule has 6 nitrogen and oxygen atoms in total. The first-order chi connectivity index (χ1) is 12.3. The highest BCUT2D eigenvalue weighted by atomic mass is 16.4. The van der Waals surface area contributed by atoms with Crippen LogP contribution in [0.5, 0.6) is 0 Å². The summed E-state index contributed by atoms with van der Waals surface area (Å²) < 4.78 is 7.80. The summed E-state index contributed by atoms with van der Waals surface area (Å²) in [6, 6.07) is 6.38. The first-order valence-electron chi connectivity index (χ1n) is 9.39. The Balaban J connectivity index is 1.27. The van der Waals surface area contributed by atoms with E-state index in [1.165, 1.54) is 12.8 Å². The molecule has 0 atom stereocenters. The van der Waals surface area contributed by atoms with Crippen molar-refractivity contribution in [2.24, 2.45) is 0 Å². The second-order valence-corrected chi connectivity index (χ2v) is 7.21. The van der Waals surface area contributed by atoms with Crippen molar-refractivity contribution < 1.29 is 9.21 Å². The third-order valence-electron chi connectivity index (χ3n) is 5.39.